The van der Waals surface area contributed by atoms with Crippen LogP contribution in [0.15, 0.2) is 48.5 Å². The number of thiocarbonyl (C=S) groups is 1. The van der Waals surface area contributed by atoms with Crippen LogP contribution in [-0.4, -0.2) is 28.1 Å². The fraction of sp³-hybridized carbons (Fsp3) is 0.176. The molecule has 0 aromatic heterocycles. The first-order valence-corrected chi connectivity index (χ1v) is 9.46. The molecule has 144 valence electrons. The van der Waals surface area contributed by atoms with Gasteiger partial charge >= 0.3 is 0 Å². The molecular weight excluding hydrogens is 452 g/mol. The number of rotatable bonds is 5. The number of hydrogen-bond acceptors (Lipinski definition) is 3. The monoisotopic (exact) mass is 465 g/mol. The molecule has 5 nitrogen and oxygen atoms in total. The Labute approximate surface area is 182 Å². The second kappa shape index (κ2) is 9.66. The molecule has 0 radical (unpaired) electrons. The Balaban J connectivity index is 2.07. The van der Waals surface area contributed by atoms with Crippen LogP contribution in [0.2, 0.25) is 5.02 Å². The summed E-state index contributed by atoms with van der Waals surface area (Å²) in [7, 11) is 1.50. The summed E-state index contributed by atoms with van der Waals surface area (Å²) in [6, 6.07) is 13.4. The summed E-state index contributed by atoms with van der Waals surface area (Å²) in [6.07, 6.45) is -1.09. The van der Waals surface area contributed by atoms with Gasteiger partial charge in [-0.1, -0.05) is 52.5 Å². The highest BCUT2D eigenvalue weighted by Gasteiger charge is 2.35. The molecule has 1 amide bonds. The predicted molar refractivity (Wildman–Crippen MR) is 115 cm³/mol. The molecule has 0 saturated carbocycles. The molecule has 2 rings (SSSR count). The van der Waals surface area contributed by atoms with E-state index in [0.717, 1.165) is 0 Å². The number of carbonyl (C=O) groups is 1. The van der Waals surface area contributed by atoms with E-state index >= 15 is 0 Å². The van der Waals surface area contributed by atoms with Crippen molar-refractivity contribution in [1.82, 2.24) is 10.6 Å². The first-order chi connectivity index (χ1) is 12.7. The topological polar surface area (TPSA) is 62.4 Å². The number of ether oxygens (including phenoxy) is 1. The van der Waals surface area contributed by atoms with Crippen LogP contribution >= 0.6 is 58.6 Å². The van der Waals surface area contributed by atoms with Gasteiger partial charge in [-0.05, 0) is 54.7 Å². The number of amides is 1. The molecule has 10 heteroatoms. The van der Waals surface area contributed by atoms with E-state index in [1.807, 2.05) is 0 Å². The predicted octanol–water partition coefficient (Wildman–Crippen LogP) is 4.76. The van der Waals surface area contributed by atoms with Crippen LogP contribution in [0.5, 0.6) is 5.75 Å². The average molecular weight is 467 g/mol. The molecule has 3 N–H and O–H groups in total. The SMILES string of the molecule is COc1cccc(C(=O)N[C@@H](NC(=S)Nc2ccc(Cl)cc2)C(Cl)(Cl)Cl)c1. The van der Waals surface area contributed by atoms with Crippen LogP contribution in [0.1, 0.15) is 10.4 Å². The van der Waals surface area contributed by atoms with Gasteiger partial charge in [0, 0.05) is 16.3 Å². The molecule has 0 fully saturated rings. The van der Waals surface area contributed by atoms with Crippen molar-refractivity contribution >= 4 is 75.3 Å². The van der Waals surface area contributed by atoms with Gasteiger partial charge in [-0.2, -0.15) is 0 Å². The Bertz CT molecular complexity index is 813. The van der Waals surface area contributed by atoms with Gasteiger partial charge in [-0.25, -0.2) is 0 Å². The fourth-order valence-electron chi connectivity index (χ4n) is 2.01. The lowest BCUT2D eigenvalue weighted by molar-refractivity contribution is 0.0934. The zero-order valence-corrected chi connectivity index (χ0v) is 17.8. The minimum atomic E-state index is -1.86. The van der Waals surface area contributed by atoms with E-state index in [9.17, 15) is 4.79 Å². The van der Waals surface area contributed by atoms with Crippen LogP contribution in [0, 0.1) is 0 Å². The third kappa shape index (κ3) is 6.90. The first kappa shape index (κ1) is 21.9. The van der Waals surface area contributed by atoms with Crippen LogP contribution in [-0.2, 0) is 0 Å². The van der Waals surface area contributed by atoms with Gasteiger partial charge in [0.2, 0.25) is 3.79 Å². The normalized spacial score (nSPS) is 12.0. The summed E-state index contributed by atoms with van der Waals surface area (Å²) in [5.41, 5.74) is 1.02. The van der Waals surface area contributed by atoms with Gasteiger partial charge in [0.1, 0.15) is 11.9 Å². The highest BCUT2D eigenvalue weighted by molar-refractivity contribution is 7.80. The zero-order valence-electron chi connectivity index (χ0n) is 13.9. The van der Waals surface area contributed by atoms with Gasteiger partial charge in [0.25, 0.3) is 5.91 Å². The summed E-state index contributed by atoms with van der Waals surface area (Å²) in [6.45, 7) is 0. The van der Waals surface area contributed by atoms with E-state index in [2.05, 4.69) is 16.0 Å². The van der Waals surface area contributed by atoms with Gasteiger partial charge in [0.15, 0.2) is 5.11 Å². The third-order valence-electron chi connectivity index (χ3n) is 3.31. The molecule has 2 aromatic carbocycles. The quantitative estimate of drug-likeness (QED) is 0.337. The molecule has 0 saturated heterocycles. The van der Waals surface area contributed by atoms with Crippen molar-refractivity contribution in [1.29, 1.82) is 0 Å². The van der Waals surface area contributed by atoms with Crippen LogP contribution in [0.4, 0.5) is 5.69 Å². The molecule has 1 atom stereocenters. The number of halogens is 4. The number of alkyl halides is 3. The smallest absolute Gasteiger partial charge is 0.253 e. The second-order valence-electron chi connectivity index (χ2n) is 5.29. The molecule has 0 spiro atoms. The van der Waals surface area contributed by atoms with Crippen molar-refractivity contribution in [2.75, 3.05) is 12.4 Å². The minimum Gasteiger partial charge on any atom is -0.497 e. The molecule has 2 aromatic rings. The number of carbonyl (C=O) groups excluding carboxylic acids is 1. The van der Waals surface area contributed by atoms with Crippen LogP contribution < -0.4 is 20.7 Å². The third-order valence-corrected chi connectivity index (χ3v) is 4.44. The van der Waals surface area contributed by atoms with E-state index in [-0.39, 0.29) is 5.11 Å². The number of benzene rings is 2. The highest BCUT2D eigenvalue weighted by Crippen LogP contribution is 2.29. The van der Waals surface area contributed by atoms with Gasteiger partial charge in [-0.15, -0.1) is 0 Å². The molecule has 0 bridgehead atoms. The Morgan fingerprint density at radius 2 is 1.78 bits per heavy atom. The van der Waals surface area contributed by atoms with Gasteiger partial charge < -0.3 is 20.7 Å². The summed E-state index contributed by atoms with van der Waals surface area (Å²) >= 11 is 29.0. The summed E-state index contributed by atoms with van der Waals surface area (Å²) in [4.78, 5) is 12.5. The van der Waals surface area contributed by atoms with Gasteiger partial charge in [-0.3, -0.25) is 4.79 Å². The largest absolute Gasteiger partial charge is 0.497 e. The minimum absolute atomic E-state index is 0.152. The fourth-order valence-corrected chi connectivity index (χ4v) is 2.70. The zero-order chi connectivity index (χ0) is 20.0. The maximum atomic E-state index is 12.5. The average Bonchev–Trinajstić information content (AvgIpc) is 2.62. The standard InChI is InChI=1S/C17H15Cl4N3O2S/c1-26-13-4-2-3-10(9-13)14(25)23-15(17(19,20)21)24-16(27)22-12-7-5-11(18)6-8-12/h2-9,15H,1H3,(H,23,25)(H2,22,24,27)/t15-/m0/s1. The lowest BCUT2D eigenvalue weighted by Crippen LogP contribution is -2.56. The number of anilines is 1. The summed E-state index contributed by atoms with van der Waals surface area (Å²) < 4.78 is 3.24. The van der Waals surface area contributed by atoms with E-state index in [1.54, 1.807) is 48.5 Å². The second-order valence-corrected chi connectivity index (χ2v) is 8.50. The first-order valence-electron chi connectivity index (χ1n) is 7.54. The van der Waals surface area contributed by atoms with Gasteiger partial charge in [0.05, 0.1) is 7.11 Å². The summed E-state index contributed by atoms with van der Waals surface area (Å²) in [5, 5.41) is 9.03. The van der Waals surface area contributed by atoms with Crippen molar-refractivity contribution < 1.29 is 9.53 Å². The lowest BCUT2D eigenvalue weighted by atomic mass is 10.2. The van der Waals surface area contributed by atoms with E-state index in [1.165, 1.54) is 7.11 Å². The van der Waals surface area contributed by atoms with Crippen LogP contribution in [0.25, 0.3) is 0 Å². The molecule has 0 aliphatic rings. The van der Waals surface area contributed by atoms with Crippen molar-refractivity contribution in [2.45, 2.75) is 9.96 Å². The van der Waals surface area contributed by atoms with Crippen molar-refractivity contribution in [3.8, 4) is 5.75 Å². The van der Waals surface area contributed by atoms with Crippen molar-refractivity contribution in [3.05, 3.63) is 59.1 Å². The van der Waals surface area contributed by atoms with Crippen molar-refractivity contribution in [3.63, 3.8) is 0 Å². The number of hydrogen-bond donors (Lipinski definition) is 3. The molecular formula is C17H15Cl4N3O2S. The van der Waals surface area contributed by atoms with Crippen LogP contribution in [0.3, 0.4) is 0 Å². The molecule has 0 aliphatic heterocycles. The molecule has 0 heterocycles. The van der Waals surface area contributed by atoms with E-state index < -0.39 is 15.9 Å². The highest BCUT2D eigenvalue weighted by atomic mass is 35.6. The van der Waals surface area contributed by atoms with E-state index in [4.69, 9.17) is 63.4 Å². The Morgan fingerprint density at radius 3 is 2.37 bits per heavy atom. The molecule has 0 unspecified atom stereocenters. The Hall–Kier alpha value is -1.44. The molecule has 0 aliphatic carbocycles. The maximum absolute atomic E-state index is 12.5. The number of nitrogens with one attached hydrogen (secondary N) is 3. The van der Waals surface area contributed by atoms with E-state index in [0.29, 0.717) is 22.0 Å². The number of methoxy groups -OCH3 is 1. The lowest BCUT2D eigenvalue weighted by Gasteiger charge is -2.27. The Morgan fingerprint density at radius 1 is 1.11 bits per heavy atom. The summed E-state index contributed by atoms with van der Waals surface area (Å²) in [5.74, 6) is 0.0630. The maximum Gasteiger partial charge on any atom is 0.253 e. The van der Waals surface area contributed by atoms with Crippen molar-refractivity contribution in [2.24, 2.45) is 0 Å². The Kier molecular flexibility index (Phi) is 7.82. The molecule has 27 heavy (non-hydrogen) atoms.